The number of benzene rings is 2. The van der Waals surface area contributed by atoms with Crippen molar-refractivity contribution < 1.29 is 10.2 Å². The van der Waals surface area contributed by atoms with Crippen molar-refractivity contribution >= 4 is 6.21 Å². The van der Waals surface area contributed by atoms with Gasteiger partial charge in [-0.25, -0.2) is 0 Å². The number of hydrogen-bond acceptors (Lipinski definition) is 4. The number of likely N-dealkylation sites (N-methyl/N-ethyl adjacent to an activating group) is 1. The van der Waals surface area contributed by atoms with Gasteiger partial charge < -0.3 is 10.2 Å². The third kappa shape index (κ3) is 14.4. The highest BCUT2D eigenvalue weighted by atomic mass is 16.3. The zero-order chi connectivity index (χ0) is 37.5. The standard InChI is InChI=1S/C46H76N2O2/c1-14-48(32-38-30-34(20-24-44(5,6)7)28-36(42(38)50)22-26-46(11,12)13)40-18-16-15-17-39(40)47-31-37-29-33(19-23-43(2,3)4)27-35(41(37)49)21-25-45(8,9)10/h27-31,39-40,49-50H,14-26,32H2,1-13H3/t39-,40-/m0/s1. The maximum absolute atomic E-state index is 11.7. The molecule has 3 rings (SSSR count). The zero-order valence-corrected chi connectivity index (χ0v) is 34.7. The van der Waals surface area contributed by atoms with E-state index < -0.39 is 0 Å². The van der Waals surface area contributed by atoms with Gasteiger partial charge in [0.25, 0.3) is 0 Å². The van der Waals surface area contributed by atoms with Gasteiger partial charge in [0.1, 0.15) is 11.5 Å². The van der Waals surface area contributed by atoms with Crippen LogP contribution in [-0.4, -0.2) is 40.0 Å². The Balaban J connectivity index is 1.93. The number of phenolic OH excluding ortho intramolecular Hbond substituents is 2. The molecule has 2 N–H and O–H groups in total. The van der Waals surface area contributed by atoms with E-state index in [4.69, 9.17) is 4.99 Å². The summed E-state index contributed by atoms with van der Waals surface area (Å²) in [6.07, 6.45) is 14.6. The van der Waals surface area contributed by atoms with Crippen molar-refractivity contribution in [2.24, 2.45) is 26.7 Å². The highest BCUT2D eigenvalue weighted by Gasteiger charge is 2.30. The van der Waals surface area contributed by atoms with Gasteiger partial charge in [0.15, 0.2) is 0 Å². The number of aliphatic imine (C=N–C) groups is 1. The Morgan fingerprint density at radius 3 is 1.56 bits per heavy atom. The lowest BCUT2D eigenvalue weighted by atomic mass is 9.85. The molecular formula is C46H76N2O2. The summed E-state index contributed by atoms with van der Waals surface area (Å²) in [5.41, 5.74) is 7.64. The molecule has 2 atom stereocenters. The number of phenols is 2. The maximum atomic E-state index is 11.7. The minimum absolute atomic E-state index is 0.158. The van der Waals surface area contributed by atoms with Crippen LogP contribution in [0.3, 0.4) is 0 Å². The van der Waals surface area contributed by atoms with Crippen LogP contribution in [0, 0.1) is 21.7 Å². The minimum Gasteiger partial charge on any atom is -0.507 e. The van der Waals surface area contributed by atoms with E-state index in [1.54, 1.807) is 0 Å². The highest BCUT2D eigenvalue weighted by Crippen LogP contribution is 2.35. The average Bonchev–Trinajstić information content (AvgIpc) is 2.99. The first kappa shape index (κ1) is 42.1. The molecule has 0 radical (unpaired) electrons. The molecule has 1 saturated carbocycles. The molecule has 4 nitrogen and oxygen atoms in total. The molecule has 0 aliphatic heterocycles. The van der Waals surface area contributed by atoms with Crippen LogP contribution in [0.25, 0.3) is 0 Å². The molecule has 1 aliphatic carbocycles. The predicted octanol–water partition coefficient (Wildman–Crippen LogP) is 12.3. The lowest BCUT2D eigenvalue weighted by Crippen LogP contribution is -2.44. The second kappa shape index (κ2) is 17.5. The SMILES string of the molecule is CCN(Cc1cc(CCC(C)(C)C)cc(CCC(C)(C)C)c1O)[C@H]1CCCC[C@@H]1N=Cc1cc(CCC(C)(C)C)cc(CCC(C)(C)C)c1O. The van der Waals surface area contributed by atoms with Crippen molar-refractivity contribution in [2.75, 3.05) is 6.54 Å². The highest BCUT2D eigenvalue weighted by molar-refractivity contribution is 5.84. The van der Waals surface area contributed by atoms with E-state index >= 15 is 0 Å². The van der Waals surface area contributed by atoms with Crippen LogP contribution in [-0.2, 0) is 32.2 Å². The van der Waals surface area contributed by atoms with E-state index in [9.17, 15) is 10.2 Å². The van der Waals surface area contributed by atoms with Crippen LogP contribution in [0.1, 0.15) is 175 Å². The normalized spacial score (nSPS) is 18.0. The Bertz CT molecular complexity index is 1390. The lowest BCUT2D eigenvalue weighted by molar-refractivity contribution is 0.136. The van der Waals surface area contributed by atoms with Gasteiger partial charge in [-0.15, -0.1) is 0 Å². The van der Waals surface area contributed by atoms with Gasteiger partial charge in [-0.05, 0) is 121 Å². The predicted molar refractivity (Wildman–Crippen MR) is 217 cm³/mol. The van der Waals surface area contributed by atoms with Crippen LogP contribution in [0.15, 0.2) is 29.3 Å². The quantitative estimate of drug-likeness (QED) is 0.194. The molecule has 50 heavy (non-hydrogen) atoms. The molecule has 1 fully saturated rings. The monoisotopic (exact) mass is 689 g/mol. The van der Waals surface area contributed by atoms with Crippen molar-refractivity contribution in [1.82, 2.24) is 4.90 Å². The van der Waals surface area contributed by atoms with E-state index in [2.05, 4.69) is 119 Å². The summed E-state index contributed by atoms with van der Waals surface area (Å²) in [6, 6.07) is 9.44. The Hall–Kier alpha value is -2.33. The topological polar surface area (TPSA) is 56.1 Å². The van der Waals surface area contributed by atoms with Gasteiger partial charge in [0, 0.05) is 29.9 Å². The van der Waals surface area contributed by atoms with E-state index in [0.717, 1.165) is 99.6 Å². The zero-order valence-electron chi connectivity index (χ0n) is 34.7. The van der Waals surface area contributed by atoms with Crippen molar-refractivity contribution in [3.63, 3.8) is 0 Å². The molecular weight excluding hydrogens is 613 g/mol. The summed E-state index contributed by atoms with van der Waals surface area (Å²) in [5.74, 6) is 0.889. The molecule has 2 aromatic carbocycles. The number of aromatic hydroxyl groups is 2. The van der Waals surface area contributed by atoms with Crippen molar-refractivity contribution in [1.29, 1.82) is 0 Å². The first-order valence-corrected chi connectivity index (χ1v) is 20.0. The Kier molecular flexibility index (Phi) is 14.7. The van der Waals surface area contributed by atoms with Crippen molar-refractivity contribution in [3.05, 3.63) is 57.6 Å². The first-order chi connectivity index (χ1) is 23.0. The van der Waals surface area contributed by atoms with Gasteiger partial charge in [-0.2, -0.15) is 0 Å². The van der Waals surface area contributed by atoms with Crippen LogP contribution in [0.4, 0.5) is 0 Å². The summed E-state index contributed by atoms with van der Waals surface area (Å²) < 4.78 is 0. The third-order valence-electron chi connectivity index (χ3n) is 10.6. The number of nitrogens with zero attached hydrogens (tertiary/aromatic N) is 2. The van der Waals surface area contributed by atoms with Gasteiger partial charge in [-0.3, -0.25) is 9.89 Å². The van der Waals surface area contributed by atoms with Gasteiger partial charge in [0.2, 0.25) is 0 Å². The molecule has 0 bridgehead atoms. The Labute approximate surface area is 308 Å². The van der Waals surface area contributed by atoms with Crippen LogP contribution in [0.5, 0.6) is 11.5 Å². The van der Waals surface area contributed by atoms with E-state index in [1.807, 2.05) is 6.21 Å². The molecule has 4 heteroatoms. The van der Waals surface area contributed by atoms with Gasteiger partial charge >= 0.3 is 0 Å². The second-order valence-electron chi connectivity index (χ2n) is 20.5. The number of hydrogen-bond donors (Lipinski definition) is 2. The molecule has 0 amide bonds. The van der Waals surface area contributed by atoms with Gasteiger partial charge in [0.05, 0.1) is 6.04 Å². The molecule has 0 saturated heterocycles. The molecule has 282 valence electrons. The first-order valence-electron chi connectivity index (χ1n) is 20.0. The fourth-order valence-corrected chi connectivity index (χ4v) is 7.12. The summed E-state index contributed by atoms with van der Waals surface area (Å²) in [6.45, 7) is 31.4. The largest absolute Gasteiger partial charge is 0.507 e. The smallest absolute Gasteiger partial charge is 0.127 e. The lowest BCUT2D eigenvalue weighted by Gasteiger charge is -2.38. The van der Waals surface area contributed by atoms with E-state index in [0.29, 0.717) is 17.5 Å². The minimum atomic E-state index is 0.158. The van der Waals surface area contributed by atoms with Crippen molar-refractivity contribution in [2.45, 2.75) is 186 Å². The van der Waals surface area contributed by atoms with Gasteiger partial charge in [-0.1, -0.05) is 121 Å². The average molecular weight is 689 g/mol. The molecule has 2 aromatic rings. The summed E-state index contributed by atoms with van der Waals surface area (Å²) in [5, 5.41) is 23.2. The molecule has 1 aliphatic rings. The van der Waals surface area contributed by atoms with Crippen LogP contribution >= 0.6 is 0 Å². The summed E-state index contributed by atoms with van der Waals surface area (Å²) in [4.78, 5) is 7.85. The molecule has 0 spiro atoms. The van der Waals surface area contributed by atoms with Crippen molar-refractivity contribution in [3.8, 4) is 11.5 Å². The fourth-order valence-electron chi connectivity index (χ4n) is 7.12. The Morgan fingerprint density at radius 1 is 0.620 bits per heavy atom. The van der Waals surface area contributed by atoms with E-state index in [-0.39, 0.29) is 27.7 Å². The Morgan fingerprint density at radius 2 is 1.06 bits per heavy atom. The second-order valence-corrected chi connectivity index (χ2v) is 20.5. The number of rotatable bonds is 14. The van der Waals surface area contributed by atoms with Crippen LogP contribution < -0.4 is 0 Å². The maximum Gasteiger partial charge on any atom is 0.127 e. The summed E-state index contributed by atoms with van der Waals surface area (Å²) >= 11 is 0. The molecule has 0 unspecified atom stereocenters. The molecule has 0 heterocycles. The van der Waals surface area contributed by atoms with Crippen LogP contribution in [0.2, 0.25) is 0 Å². The third-order valence-corrected chi connectivity index (χ3v) is 10.6. The van der Waals surface area contributed by atoms with E-state index in [1.165, 1.54) is 24.0 Å². The fraction of sp³-hybridized carbons (Fsp3) is 0.717. The molecule has 0 aromatic heterocycles. The summed E-state index contributed by atoms with van der Waals surface area (Å²) in [7, 11) is 0. The number of aryl methyl sites for hydroxylation is 4.